The molecule has 22 heavy (non-hydrogen) atoms. The van der Waals surface area contributed by atoms with E-state index in [1.807, 2.05) is 19.1 Å². The Hall–Kier alpha value is -2.15. The second-order valence-corrected chi connectivity index (χ2v) is 6.27. The summed E-state index contributed by atoms with van der Waals surface area (Å²) in [6.07, 6.45) is 3.46. The van der Waals surface area contributed by atoms with Gasteiger partial charge in [-0.1, -0.05) is 17.8 Å². The molecule has 2 aromatic heterocycles. The largest absolute Gasteiger partial charge is 0.310 e. The summed E-state index contributed by atoms with van der Waals surface area (Å²) < 4.78 is 1.63. The van der Waals surface area contributed by atoms with E-state index in [9.17, 15) is 9.59 Å². The van der Waals surface area contributed by atoms with E-state index in [2.05, 4.69) is 15.3 Å². The van der Waals surface area contributed by atoms with Gasteiger partial charge < -0.3 is 5.32 Å². The third kappa shape index (κ3) is 2.76. The molecule has 0 spiro atoms. The van der Waals surface area contributed by atoms with Crippen LogP contribution in [0.25, 0.3) is 0 Å². The molecule has 0 radical (unpaired) electrons. The van der Waals surface area contributed by atoms with Crippen LogP contribution in [-0.4, -0.2) is 26.2 Å². The van der Waals surface area contributed by atoms with Crippen molar-refractivity contribution in [3.8, 4) is 0 Å². The van der Waals surface area contributed by atoms with Crippen LogP contribution in [-0.2, 0) is 4.79 Å². The van der Waals surface area contributed by atoms with E-state index in [0.29, 0.717) is 22.3 Å². The normalized spacial score (nSPS) is 16.4. The number of nitrogens with zero attached hydrogens (tertiary/aromatic N) is 3. The third-order valence-corrected chi connectivity index (χ3v) is 4.70. The lowest BCUT2D eigenvalue weighted by Gasteiger charge is -2.14. The molecule has 1 amide bonds. The maximum Gasteiger partial charge on any atom is 0.257 e. The molecule has 1 aliphatic rings. The molecular weight excluding hydrogens is 300 g/mol. The maximum absolute atomic E-state index is 12.2. The van der Waals surface area contributed by atoms with Crippen molar-refractivity contribution in [3.63, 3.8) is 0 Å². The van der Waals surface area contributed by atoms with E-state index in [0.717, 1.165) is 5.56 Å². The highest BCUT2D eigenvalue weighted by Crippen LogP contribution is 2.32. The van der Waals surface area contributed by atoms with Gasteiger partial charge in [0, 0.05) is 30.1 Å². The van der Waals surface area contributed by atoms with Crippen molar-refractivity contribution in [2.75, 3.05) is 11.1 Å². The number of aromatic nitrogens is 3. The number of rotatable bonds is 3. The van der Waals surface area contributed by atoms with E-state index in [1.54, 1.807) is 23.9 Å². The molecule has 0 saturated carbocycles. The molecule has 114 valence electrons. The van der Waals surface area contributed by atoms with Crippen LogP contribution < -0.4 is 10.9 Å². The average molecular weight is 316 g/mol. The quantitative estimate of drug-likeness (QED) is 0.876. The number of nitrogens with one attached hydrogen (secondary N) is 1. The Morgan fingerprint density at radius 1 is 1.41 bits per heavy atom. The van der Waals surface area contributed by atoms with Crippen molar-refractivity contribution >= 4 is 23.5 Å². The molecule has 3 heterocycles. The zero-order valence-corrected chi connectivity index (χ0v) is 13.2. The lowest BCUT2D eigenvalue weighted by molar-refractivity contribution is -0.116. The molecule has 1 aliphatic heterocycles. The molecule has 0 unspecified atom stereocenters. The first kappa shape index (κ1) is 14.8. The van der Waals surface area contributed by atoms with Crippen LogP contribution in [0.15, 0.2) is 34.5 Å². The van der Waals surface area contributed by atoms with Gasteiger partial charge in [0.1, 0.15) is 5.82 Å². The van der Waals surface area contributed by atoms with Crippen molar-refractivity contribution in [3.05, 3.63) is 46.0 Å². The summed E-state index contributed by atoms with van der Waals surface area (Å²) in [5.74, 6) is 1.10. The van der Waals surface area contributed by atoms with Crippen molar-refractivity contribution in [2.45, 2.75) is 31.5 Å². The Labute approximate surface area is 132 Å². The number of anilines is 1. The van der Waals surface area contributed by atoms with Gasteiger partial charge in [0.25, 0.3) is 5.56 Å². The van der Waals surface area contributed by atoms with E-state index in [1.165, 1.54) is 11.8 Å². The number of hydrogen-bond donors (Lipinski definition) is 1. The van der Waals surface area contributed by atoms with Gasteiger partial charge in [0.2, 0.25) is 5.91 Å². The lowest BCUT2D eigenvalue weighted by Crippen LogP contribution is -2.29. The first-order valence-electron chi connectivity index (χ1n) is 6.98. The number of fused-ring (bicyclic) bond motifs is 1. The third-order valence-electron chi connectivity index (χ3n) is 3.59. The van der Waals surface area contributed by atoms with Crippen molar-refractivity contribution in [2.24, 2.45) is 0 Å². The fourth-order valence-electron chi connectivity index (χ4n) is 2.38. The number of hydrogen-bond acceptors (Lipinski definition) is 5. The summed E-state index contributed by atoms with van der Waals surface area (Å²) in [7, 11) is 0. The van der Waals surface area contributed by atoms with E-state index >= 15 is 0 Å². The summed E-state index contributed by atoms with van der Waals surface area (Å²) in [5, 5.41) is 3.49. The molecule has 3 rings (SSSR count). The monoisotopic (exact) mass is 316 g/mol. The van der Waals surface area contributed by atoms with Gasteiger partial charge in [-0.15, -0.1) is 0 Å². The second kappa shape index (κ2) is 5.92. The number of thioether (sulfide) groups is 1. The van der Waals surface area contributed by atoms with E-state index < -0.39 is 0 Å². The van der Waals surface area contributed by atoms with Gasteiger partial charge in [-0.2, -0.15) is 0 Å². The average Bonchev–Trinajstić information content (AvgIpc) is 2.89. The highest BCUT2D eigenvalue weighted by molar-refractivity contribution is 7.99. The molecule has 1 atom stereocenters. The van der Waals surface area contributed by atoms with Crippen LogP contribution in [0.4, 0.5) is 5.82 Å². The zero-order valence-electron chi connectivity index (χ0n) is 12.4. The van der Waals surface area contributed by atoms with Crippen molar-refractivity contribution < 1.29 is 4.79 Å². The predicted molar refractivity (Wildman–Crippen MR) is 85.2 cm³/mol. The van der Waals surface area contributed by atoms with Gasteiger partial charge in [-0.05, 0) is 25.5 Å². The fourth-order valence-corrected chi connectivity index (χ4v) is 3.49. The molecule has 1 N–H and O–H groups in total. The zero-order chi connectivity index (χ0) is 15.7. The summed E-state index contributed by atoms with van der Waals surface area (Å²) in [5.41, 5.74) is 1.44. The Morgan fingerprint density at radius 2 is 2.23 bits per heavy atom. The highest BCUT2D eigenvalue weighted by atomic mass is 32.2. The van der Waals surface area contributed by atoms with Crippen molar-refractivity contribution in [1.29, 1.82) is 0 Å². The minimum Gasteiger partial charge on any atom is -0.310 e. The Kier molecular flexibility index (Phi) is 3.98. The standard InChI is InChI=1S/C15H16N4O2S/c1-9-4-3-5-16-13(9)18-12(20)6-11-8-22-15-17-7-10(2)14(21)19(11)15/h3-5,7,11H,6,8H2,1-2H3,(H,16,18,20)/t11-/m1/s1. The summed E-state index contributed by atoms with van der Waals surface area (Å²) in [6.45, 7) is 3.63. The second-order valence-electron chi connectivity index (χ2n) is 5.28. The first-order valence-corrected chi connectivity index (χ1v) is 7.97. The molecule has 0 aliphatic carbocycles. The fraction of sp³-hybridized carbons (Fsp3) is 0.333. The van der Waals surface area contributed by atoms with Gasteiger partial charge in [0.05, 0.1) is 6.04 Å². The number of aryl methyl sites for hydroxylation is 2. The van der Waals surface area contributed by atoms with Gasteiger partial charge in [0.15, 0.2) is 5.16 Å². The van der Waals surface area contributed by atoms with Crippen LogP contribution in [0.1, 0.15) is 23.6 Å². The molecular formula is C15H16N4O2S. The van der Waals surface area contributed by atoms with Crippen LogP contribution in [0.5, 0.6) is 0 Å². The van der Waals surface area contributed by atoms with Gasteiger partial charge in [-0.3, -0.25) is 14.2 Å². The van der Waals surface area contributed by atoms with Crippen LogP contribution in [0.2, 0.25) is 0 Å². The van der Waals surface area contributed by atoms with E-state index in [4.69, 9.17) is 0 Å². The van der Waals surface area contributed by atoms with Gasteiger partial charge >= 0.3 is 0 Å². The molecule has 2 aromatic rings. The molecule has 6 nitrogen and oxygen atoms in total. The smallest absolute Gasteiger partial charge is 0.257 e. The minimum atomic E-state index is -0.163. The van der Waals surface area contributed by atoms with E-state index in [-0.39, 0.29) is 23.9 Å². The predicted octanol–water partition coefficient (Wildman–Crippen LogP) is 1.93. The Balaban J connectivity index is 1.76. The summed E-state index contributed by atoms with van der Waals surface area (Å²) >= 11 is 1.51. The van der Waals surface area contributed by atoms with Crippen LogP contribution >= 0.6 is 11.8 Å². The SMILES string of the molecule is Cc1cccnc1NC(=O)C[C@@H]1CSc2ncc(C)c(=O)n21. The summed E-state index contributed by atoms with van der Waals surface area (Å²) in [6, 6.07) is 3.55. The number of carbonyl (C=O) groups is 1. The van der Waals surface area contributed by atoms with Crippen LogP contribution in [0.3, 0.4) is 0 Å². The lowest BCUT2D eigenvalue weighted by atomic mass is 10.2. The Bertz CT molecular complexity index is 787. The molecule has 0 saturated heterocycles. The highest BCUT2D eigenvalue weighted by Gasteiger charge is 2.27. The summed E-state index contributed by atoms with van der Waals surface area (Å²) in [4.78, 5) is 32.9. The molecule has 0 fully saturated rings. The van der Waals surface area contributed by atoms with Gasteiger partial charge in [-0.25, -0.2) is 9.97 Å². The maximum atomic E-state index is 12.2. The number of amides is 1. The first-order chi connectivity index (χ1) is 10.6. The number of carbonyl (C=O) groups excluding carboxylic acids is 1. The minimum absolute atomic E-state index is 0.0678. The van der Waals surface area contributed by atoms with Crippen molar-refractivity contribution in [1.82, 2.24) is 14.5 Å². The Morgan fingerprint density at radius 3 is 3.00 bits per heavy atom. The topological polar surface area (TPSA) is 76.9 Å². The van der Waals surface area contributed by atoms with Crippen LogP contribution in [0, 0.1) is 13.8 Å². The molecule has 0 bridgehead atoms. The number of pyridine rings is 1. The molecule has 0 aromatic carbocycles. The molecule has 7 heteroatoms.